The molecule has 68 valence electrons. The Hall–Kier alpha value is 0.350. The fourth-order valence-electron chi connectivity index (χ4n) is 1.19. The Bertz CT molecular complexity index is 86.9. The van der Waals surface area contributed by atoms with Crippen molar-refractivity contribution < 1.29 is 0 Å². The van der Waals surface area contributed by atoms with Crippen molar-refractivity contribution in [2.45, 2.75) is 58.0 Å². The summed E-state index contributed by atoms with van der Waals surface area (Å²) in [4.78, 5) is 0. The predicted octanol–water partition coefficient (Wildman–Crippen LogP) is 3.95. The van der Waals surface area contributed by atoms with E-state index in [4.69, 9.17) is 0 Å². The first-order valence-electron chi connectivity index (χ1n) is 4.73. The lowest BCUT2D eigenvalue weighted by Gasteiger charge is -2.21. The fraction of sp³-hybridized carbons (Fsp3) is 1.00. The third-order valence-electron chi connectivity index (χ3n) is 1.76. The van der Waals surface area contributed by atoms with Gasteiger partial charge in [0.25, 0.3) is 0 Å². The second kappa shape index (κ2) is 5.93. The molecule has 1 atom stereocenters. The number of rotatable bonds is 5. The van der Waals surface area contributed by atoms with Crippen LogP contribution in [0, 0.1) is 5.92 Å². The van der Waals surface area contributed by atoms with E-state index in [9.17, 15) is 0 Å². The quantitative estimate of drug-likeness (QED) is 0.608. The van der Waals surface area contributed by atoms with Gasteiger partial charge in [-0.2, -0.15) is 11.8 Å². The van der Waals surface area contributed by atoms with Crippen molar-refractivity contribution in [3.63, 3.8) is 0 Å². The van der Waals surface area contributed by atoms with Gasteiger partial charge in [0, 0.05) is 5.25 Å². The van der Waals surface area contributed by atoms with Gasteiger partial charge in [0.2, 0.25) is 0 Å². The van der Waals surface area contributed by atoms with E-state index in [-0.39, 0.29) is 0 Å². The van der Waals surface area contributed by atoms with Crippen LogP contribution in [-0.2, 0) is 0 Å². The minimum Gasteiger partial charge on any atom is -0.155 e. The minimum atomic E-state index is 0.786. The summed E-state index contributed by atoms with van der Waals surface area (Å²) in [5.74, 6) is 0.836. The third kappa shape index (κ3) is 5.60. The molecule has 0 nitrogen and oxygen atoms in total. The summed E-state index contributed by atoms with van der Waals surface area (Å²) in [6.45, 7) is 11.5. The highest BCUT2D eigenvalue weighted by atomic mass is 32.2. The van der Waals surface area contributed by atoms with Crippen LogP contribution in [0.15, 0.2) is 0 Å². The summed E-state index contributed by atoms with van der Waals surface area (Å²) in [5.41, 5.74) is 0. The summed E-state index contributed by atoms with van der Waals surface area (Å²) in [7, 11) is 0. The maximum atomic E-state index is 2.33. The van der Waals surface area contributed by atoms with Crippen molar-refractivity contribution >= 4 is 11.8 Å². The molecule has 0 radical (unpaired) electrons. The van der Waals surface area contributed by atoms with Crippen molar-refractivity contribution in [2.75, 3.05) is 0 Å². The van der Waals surface area contributed by atoms with Crippen molar-refractivity contribution in [2.24, 2.45) is 5.92 Å². The van der Waals surface area contributed by atoms with Crippen LogP contribution in [0.5, 0.6) is 0 Å². The van der Waals surface area contributed by atoms with E-state index in [2.05, 4.69) is 46.4 Å². The van der Waals surface area contributed by atoms with Crippen LogP contribution in [0.1, 0.15) is 47.5 Å². The molecule has 0 rings (SSSR count). The van der Waals surface area contributed by atoms with Crippen LogP contribution >= 0.6 is 11.8 Å². The molecular weight excluding hydrogens is 152 g/mol. The van der Waals surface area contributed by atoms with Gasteiger partial charge in [0.15, 0.2) is 0 Å². The molecular formula is C10H22S. The zero-order chi connectivity index (χ0) is 8.85. The summed E-state index contributed by atoms with van der Waals surface area (Å²) in [5, 5.41) is 1.66. The minimum absolute atomic E-state index is 0.786. The van der Waals surface area contributed by atoms with E-state index < -0.39 is 0 Å². The molecule has 0 saturated heterocycles. The smallest absolute Gasteiger partial charge is 0.00725 e. The van der Waals surface area contributed by atoms with Crippen LogP contribution in [0.25, 0.3) is 0 Å². The molecule has 0 aliphatic heterocycles. The van der Waals surface area contributed by atoms with Gasteiger partial charge in [-0.05, 0) is 17.6 Å². The molecule has 11 heavy (non-hydrogen) atoms. The molecule has 0 amide bonds. The van der Waals surface area contributed by atoms with Gasteiger partial charge >= 0.3 is 0 Å². The normalized spacial score (nSPS) is 14.5. The Morgan fingerprint density at radius 2 is 1.64 bits per heavy atom. The molecule has 1 heteroatoms. The lowest BCUT2D eigenvalue weighted by Crippen LogP contribution is -2.13. The molecule has 0 aromatic heterocycles. The molecule has 0 heterocycles. The Balaban J connectivity index is 3.69. The summed E-state index contributed by atoms with van der Waals surface area (Å²) >= 11 is 2.13. The second-order valence-corrected chi connectivity index (χ2v) is 5.58. The van der Waals surface area contributed by atoms with Crippen LogP contribution in [0.3, 0.4) is 0 Å². The van der Waals surface area contributed by atoms with Gasteiger partial charge in [0.1, 0.15) is 0 Å². The SMILES string of the molecule is CCCC(SC(C)C)C(C)C. The number of hydrogen-bond donors (Lipinski definition) is 0. The van der Waals surface area contributed by atoms with E-state index in [1.54, 1.807) is 0 Å². The first-order chi connectivity index (χ1) is 5.07. The first-order valence-corrected chi connectivity index (χ1v) is 5.67. The molecule has 0 spiro atoms. The Morgan fingerprint density at radius 3 is 1.91 bits per heavy atom. The Labute approximate surface area is 76.1 Å². The first kappa shape index (κ1) is 11.4. The van der Waals surface area contributed by atoms with Crippen LogP contribution in [0.2, 0.25) is 0 Å². The topological polar surface area (TPSA) is 0 Å². The average molecular weight is 174 g/mol. The Morgan fingerprint density at radius 1 is 1.09 bits per heavy atom. The van der Waals surface area contributed by atoms with Crippen LogP contribution in [-0.4, -0.2) is 10.5 Å². The zero-order valence-electron chi connectivity index (χ0n) is 8.55. The van der Waals surface area contributed by atoms with Gasteiger partial charge < -0.3 is 0 Å². The lowest BCUT2D eigenvalue weighted by molar-refractivity contribution is 0.565. The molecule has 0 aromatic carbocycles. The van der Waals surface area contributed by atoms with E-state index in [0.29, 0.717) is 0 Å². The molecule has 0 N–H and O–H groups in total. The van der Waals surface area contributed by atoms with E-state index in [1.165, 1.54) is 12.8 Å². The van der Waals surface area contributed by atoms with E-state index in [1.807, 2.05) is 0 Å². The molecule has 1 unspecified atom stereocenters. The zero-order valence-corrected chi connectivity index (χ0v) is 9.37. The fourth-order valence-corrected chi connectivity index (χ4v) is 2.58. The largest absolute Gasteiger partial charge is 0.155 e. The van der Waals surface area contributed by atoms with Crippen molar-refractivity contribution in [3.05, 3.63) is 0 Å². The van der Waals surface area contributed by atoms with Gasteiger partial charge in [-0.3, -0.25) is 0 Å². The molecule has 0 aliphatic rings. The van der Waals surface area contributed by atoms with E-state index in [0.717, 1.165) is 16.4 Å². The number of hydrogen-bond acceptors (Lipinski definition) is 1. The summed E-state index contributed by atoms with van der Waals surface area (Å²) in [6.07, 6.45) is 2.70. The molecule has 0 aromatic rings. The average Bonchev–Trinajstić information content (AvgIpc) is 1.86. The summed E-state index contributed by atoms with van der Waals surface area (Å²) in [6, 6.07) is 0. The van der Waals surface area contributed by atoms with Crippen molar-refractivity contribution in [1.82, 2.24) is 0 Å². The van der Waals surface area contributed by atoms with Crippen molar-refractivity contribution in [3.8, 4) is 0 Å². The van der Waals surface area contributed by atoms with Gasteiger partial charge in [-0.15, -0.1) is 0 Å². The number of thioether (sulfide) groups is 1. The predicted molar refractivity (Wildman–Crippen MR) is 56.3 cm³/mol. The highest BCUT2D eigenvalue weighted by molar-refractivity contribution is 8.00. The Kier molecular flexibility index (Phi) is 6.12. The summed E-state index contributed by atoms with van der Waals surface area (Å²) < 4.78 is 0. The monoisotopic (exact) mass is 174 g/mol. The van der Waals surface area contributed by atoms with Crippen LogP contribution < -0.4 is 0 Å². The van der Waals surface area contributed by atoms with Crippen LogP contribution in [0.4, 0.5) is 0 Å². The van der Waals surface area contributed by atoms with Crippen molar-refractivity contribution in [1.29, 1.82) is 0 Å². The highest BCUT2D eigenvalue weighted by Crippen LogP contribution is 2.27. The van der Waals surface area contributed by atoms with Gasteiger partial charge in [0.05, 0.1) is 0 Å². The maximum absolute atomic E-state index is 2.33. The molecule has 0 aliphatic carbocycles. The molecule has 0 fully saturated rings. The van der Waals surface area contributed by atoms with E-state index >= 15 is 0 Å². The third-order valence-corrected chi connectivity index (χ3v) is 3.44. The second-order valence-electron chi connectivity index (χ2n) is 3.76. The molecule has 0 bridgehead atoms. The van der Waals surface area contributed by atoms with Gasteiger partial charge in [-0.1, -0.05) is 41.0 Å². The van der Waals surface area contributed by atoms with Gasteiger partial charge in [-0.25, -0.2) is 0 Å². The molecule has 0 saturated carbocycles. The standard InChI is InChI=1S/C10H22S/c1-6-7-10(8(2)3)11-9(4)5/h8-10H,6-7H2,1-5H3. The highest BCUT2D eigenvalue weighted by Gasteiger charge is 2.13. The maximum Gasteiger partial charge on any atom is 0.00725 e. The lowest BCUT2D eigenvalue weighted by atomic mass is 10.1.